The highest BCUT2D eigenvalue weighted by atomic mass is 16.7. The summed E-state index contributed by atoms with van der Waals surface area (Å²) in [7, 11) is 3.05. The third-order valence-corrected chi connectivity index (χ3v) is 7.81. The zero-order valence-corrected chi connectivity index (χ0v) is 20.4. The van der Waals surface area contributed by atoms with Crippen LogP contribution in [0.4, 0.5) is 0 Å². The van der Waals surface area contributed by atoms with Crippen molar-refractivity contribution < 1.29 is 33.6 Å². The monoisotopic (exact) mass is 495 g/mol. The topological polar surface area (TPSA) is 111 Å². The molecule has 6 rings (SSSR count). The number of aromatic nitrogens is 1. The molecule has 1 amide bonds. The highest BCUT2D eigenvalue weighted by molar-refractivity contribution is 6.11. The van der Waals surface area contributed by atoms with Crippen LogP contribution < -0.4 is 18.9 Å². The summed E-state index contributed by atoms with van der Waals surface area (Å²) in [6.45, 7) is 2.35. The summed E-state index contributed by atoms with van der Waals surface area (Å²) in [4.78, 5) is 36.4. The van der Waals surface area contributed by atoms with Crippen molar-refractivity contribution in [3.8, 4) is 23.1 Å². The lowest BCUT2D eigenvalue weighted by atomic mass is 9.83. The molecule has 3 atom stereocenters. The molecule has 0 bridgehead atoms. The minimum atomic E-state index is -0.612. The van der Waals surface area contributed by atoms with Gasteiger partial charge in [-0.2, -0.15) is 0 Å². The first kappa shape index (κ1) is 23.1. The van der Waals surface area contributed by atoms with Crippen LogP contribution in [0.15, 0.2) is 18.2 Å². The van der Waals surface area contributed by atoms with Gasteiger partial charge in [0.05, 0.1) is 38.5 Å². The third kappa shape index (κ3) is 3.42. The minimum absolute atomic E-state index is 0.0534. The predicted octanol–water partition coefficient (Wildman–Crippen LogP) is 2.15. The zero-order valence-electron chi connectivity index (χ0n) is 20.4. The van der Waals surface area contributed by atoms with Gasteiger partial charge in [-0.3, -0.25) is 14.5 Å². The number of amides is 1. The number of hydrogen-bond donors (Lipinski definition) is 1. The molecular weight excluding hydrogens is 466 g/mol. The number of methoxy groups -OCH3 is 2. The largest absolute Gasteiger partial charge is 0.493 e. The van der Waals surface area contributed by atoms with E-state index in [1.165, 1.54) is 14.2 Å². The Morgan fingerprint density at radius 1 is 1.08 bits per heavy atom. The molecule has 1 N–H and O–H groups in total. The molecule has 2 unspecified atom stereocenters. The zero-order chi connectivity index (χ0) is 25.0. The summed E-state index contributed by atoms with van der Waals surface area (Å²) in [6.07, 6.45) is 2.76. The lowest BCUT2D eigenvalue weighted by molar-refractivity contribution is 0.0585. The maximum Gasteiger partial charge on any atom is 0.260 e. The van der Waals surface area contributed by atoms with Gasteiger partial charge in [-0.25, -0.2) is 4.98 Å². The van der Waals surface area contributed by atoms with E-state index in [0.29, 0.717) is 58.5 Å². The molecule has 10 nitrogen and oxygen atoms in total. The number of aliphatic hydroxyl groups excluding tert-OH is 1. The number of pyridine rings is 1. The van der Waals surface area contributed by atoms with Crippen LogP contribution in [0.3, 0.4) is 0 Å². The number of rotatable bonds is 7. The average molecular weight is 496 g/mol. The van der Waals surface area contributed by atoms with Gasteiger partial charge in [-0.1, -0.05) is 0 Å². The highest BCUT2D eigenvalue weighted by Crippen LogP contribution is 2.53. The molecule has 10 heteroatoms. The van der Waals surface area contributed by atoms with Gasteiger partial charge in [0, 0.05) is 30.3 Å². The summed E-state index contributed by atoms with van der Waals surface area (Å²) >= 11 is 0. The Morgan fingerprint density at radius 2 is 1.89 bits per heavy atom. The fraction of sp³-hybridized carbons (Fsp3) is 0.500. The number of likely N-dealkylation sites (tertiary alicyclic amines) is 1. The van der Waals surface area contributed by atoms with Crippen LogP contribution in [0, 0.1) is 0 Å². The van der Waals surface area contributed by atoms with Crippen LogP contribution in [0.2, 0.25) is 0 Å². The second-order valence-electron chi connectivity index (χ2n) is 9.58. The van der Waals surface area contributed by atoms with Gasteiger partial charge in [0.25, 0.3) is 11.8 Å². The van der Waals surface area contributed by atoms with Gasteiger partial charge >= 0.3 is 0 Å². The van der Waals surface area contributed by atoms with Crippen LogP contribution in [-0.4, -0.2) is 84.9 Å². The molecule has 1 aromatic carbocycles. The van der Waals surface area contributed by atoms with Crippen molar-refractivity contribution in [2.75, 3.05) is 47.3 Å². The summed E-state index contributed by atoms with van der Waals surface area (Å²) < 4.78 is 21.9. The molecule has 190 valence electrons. The Bertz CT molecular complexity index is 1230. The Morgan fingerprint density at radius 3 is 2.67 bits per heavy atom. The first-order valence-corrected chi connectivity index (χ1v) is 12.3. The van der Waals surface area contributed by atoms with Gasteiger partial charge in [0.2, 0.25) is 6.79 Å². The van der Waals surface area contributed by atoms with E-state index in [4.69, 9.17) is 18.9 Å². The first-order valence-electron chi connectivity index (χ1n) is 12.3. The molecule has 3 aliphatic heterocycles. The van der Waals surface area contributed by atoms with E-state index in [-0.39, 0.29) is 31.1 Å². The van der Waals surface area contributed by atoms with Gasteiger partial charge in [-0.15, -0.1) is 0 Å². The number of benzene rings is 1. The first-order chi connectivity index (χ1) is 17.5. The fourth-order valence-electron chi connectivity index (χ4n) is 6.08. The van der Waals surface area contributed by atoms with Crippen molar-refractivity contribution in [1.29, 1.82) is 0 Å². The molecule has 2 aromatic rings. The summed E-state index contributed by atoms with van der Waals surface area (Å²) in [5.74, 6) is 0.795. The van der Waals surface area contributed by atoms with Crippen LogP contribution >= 0.6 is 0 Å². The van der Waals surface area contributed by atoms with Crippen molar-refractivity contribution in [2.45, 2.75) is 37.3 Å². The normalized spacial score (nSPS) is 24.1. The van der Waals surface area contributed by atoms with Crippen LogP contribution in [-0.2, 0) is 0 Å². The van der Waals surface area contributed by atoms with E-state index < -0.39 is 12.0 Å². The van der Waals surface area contributed by atoms with E-state index in [2.05, 4.69) is 9.88 Å². The summed E-state index contributed by atoms with van der Waals surface area (Å²) in [6, 6.07) is 4.71. The number of hydrogen-bond acceptors (Lipinski definition) is 9. The maximum atomic E-state index is 13.9. The van der Waals surface area contributed by atoms with Crippen molar-refractivity contribution in [1.82, 2.24) is 14.8 Å². The molecule has 0 radical (unpaired) electrons. The Labute approximate surface area is 208 Å². The Balaban J connectivity index is 1.40. The molecule has 1 aromatic heterocycles. The van der Waals surface area contributed by atoms with Gasteiger partial charge in [0.15, 0.2) is 23.0 Å². The summed E-state index contributed by atoms with van der Waals surface area (Å²) in [5, 5.41) is 9.67. The van der Waals surface area contributed by atoms with E-state index in [9.17, 15) is 14.7 Å². The van der Waals surface area contributed by atoms with Crippen LogP contribution in [0.5, 0.6) is 23.1 Å². The van der Waals surface area contributed by atoms with Crippen molar-refractivity contribution in [3.63, 3.8) is 0 Å². The van der Waals surface area contributed by atoms with E-state index in [1.807, 2.05) is 0 Å². The maximum absolute atomic E-state index is 13.9. The molecular formula is C26H29N3O7. The Kier molecular flexibility index (Phi) is 5.72. The second kappa shape index (κ2) is 8.94. The smallest absolute Gasteiger partial charge is 0.260 e. The quantitative estimate of drug-likeness (QED) is 0.618. The lowest BCUT2D eigenvalue weighted by Gasteiger charge is -2.38. The molecule has 1 fully saturated rings. The van der Waals surface area contributed by atoms with Crippen molar-refractivity contribution in [3.05, 3.63) is 40.6 Å². The van der Waals surface area contributed by atoms with Crippen LogP contribution in [0.1, 0.15) is 63.2 Å². The number of carbonyl (C=O) groups excluding carboxylic acids is 2. The number of Topliss-reactive ketones (excluding diaryl/α,β-unsaturated/α-hetero) is 1. The predicted molar refractivity (Wildman–Crippen MR) is 127 cm³/mol. The Hall–Kier alpha value is -3.37. The molecule has 36 heavy (non-hydrogen) atoms. The van der Waals surface area contributed by atoms with Gasteiger partial charge < -0.3 is 29.0 Å². The number of nitrogens with zero attached hydrogens (tertiary/aromatic N) is 3. The van der Waals surface area contributed by atoms with E-state index in [0.717, 1.165) is 25.9 Å². The SMILES string of the molecule is COc1cc2c(cc1OC)C1C(=O)c3cc4c(nc3C1N(CCCN1CCC[C@H]1CO)C2=O)OCO4. The standard InChI is InChI=1S/C26H29N3O7/c1-33-18-9-15-16(10-19(18)34-2)26(32)29(8-4-7-28-6-3-5-14(28)12-30)23-21(15)24(31)17-11-20-25(27-22(17)23)36-13-35-20/h9-11,14,21,23,30H,3-8,12-13H2,1-2H3/t14-,21?,23?/m0/s1. The molecule has 4 aliphatic rings. The van der Waals surface area contributed by atoms with Gasteiger partial charge in [0.1, 0.15) is 0 Å². The third-order valence-electron chi connectivity index (χ3n) is 7.81. The fourth-order valence-corrected chi connectivity index (χ4v) is 6.08. The number of carbonyl (C=O) groups is 2. The van der Waals surface area contributed by atoms with Crippen LogP contribution in [0.25, 0.3) is 0 Å². The highest BCUT2D eigenvalue weighted by Gasteiger charge is 2.52. The molecule has 4 heterocycles. The summed E-state index contributed by atoms with van der Waals surface area (Å²) in [5.41, 5.74) is 2.04. The number of aliphatic hydroxyl groups is 1. The average Bonchev–Trinajstić information content (AvgIpc) is 3.62. The van der Waals surface area contributed by atoms with Crippen molar-refractivity contribution in [2.24, 2.45) is 0 Å². The van der Waals surface area contributed by atoms with Crippen molar-refractivity contribution >= 4 is 11.7 Å². The lowest BCUT2D eigenvalue weighted by Crippen LogP contribution is -2.44. The number of fused-ring (bicyclic) bond motifs is 6. The molecule has 1 aliphatic carbocycles. The van der Waals surface area contributed by atoms with E-state index >= 15 is 0 Å². The van der Waals surface area contributed by atoms with E-state index in [1.54, 1.807) is 23.1 Å². The number of ether oxygens (including phenoxy) is 4. The molecule has 0 saturated carbocycles. The minimum Gasteiger partial charge on any atom is -0.493 e. The van der Waals surface area contributed by atoms with Gasteiger partial charge in [-0.05, 0) is 49.6 Å². The molecule has 1 saturated heterocycles. The molecule has 0 spiro atoms. The number of ketones is 1. The second-order valence-corrected chi connectivity index (χ2v) is 9.58.